The Morgan fingerprint density at radius 2 is 1.73 bits per heavy atom. The fourth-order valence-electron chi connectivity index (χ4n) is 3.26. The van der Waals surface area contributed by atoms with E-state index in [0.29, 0.717) is 43.3 Å². The summed E-state index contributed by atoms with van der Waals surface area (Å²) in [6.07, 6.45) is 7.20. The molecule has 2 heterocycles. The standard InChI is InChI=1S/C25H22ClFN4S.C3H8N2O.CH3F/c1-17-15-31(25(30-18(17)2)32-16-19-3-9-23(27)10-4-19)12-11-20-13-28-24(29-14-20)21-5-7-22(26)8-6-21;4-1-2-5-3-6;1-2/h3-10,13-15H,2,11-12,16H2,1H3;3H,1-2,4H2,(H,5,6);1H3. The molecule has 3 aromatic rings. The van der Waals surface area contributed by atoms with Gasteiger partial charge in [0.1, 0.15) is 5.82 Å². The Labute approximate surface area is 243 Å². The average Bonchev–Trinajstić information content (AvgIpc) is 2.98. The lowest BCUT2D eigenvalue weighted by atomic mass is 10.2. The first-order valence-corrected chi connectivity index (χ1v) is 13.7. The number of thioether (sulfide) groups is 1. The van der Waals surface area contributed by atoms with E-state index in [4.69, 9.17) is 17.3 Å². The van der Waals surface area contributed by atoms with Gasteiger partial charge in [0.05, 0.1) is 12.9 Å². The third-order valence-corrected chi connectivity index (χ3v) is 6.70. The molecule has 0 saturated carbocycles. The first-order chi connectivity index (χ1) is 19.4. The van der Waals surface area contributed by atoms with Crippen LogP contribution in [0.4, 0.5) is 8.78 Å². The zero-order valence-corrected chi connectivity index (χ0v) is 24.1. The quantitative estimate of drug-likeness (QED) is 0.244. The number of hydrogen-bond acceptors (Lipinski definition) is 7. The van der Waals surface area contributed by atoms with Gasteiger partial charge in [-0.3, -0.25) is 9.18 Å². The smallest absolute Gasteiger partial charge is 0.207 e. The van der Waals surface area contributed by atoms with Crippen LogP contribution in [-0.4, -0.2) is 53.3 Å². The second-order valence-electron chi connectivity index (χ2n) is 8.29. The van der Waals surface area contributed by atoms with Gasteiger partial charge >= 0.3 is 0 Å². The number of carbonyl (C=O) groups excluding carboxylic acids is 1. The fraction of sp³-hybridized carbons (Fsp3) is 0.241. The van der Waals surface area contributed by atoms with E-state index >= 15 is 0 Å². The SMILES string of the molecule is C=C1N=C(SCc2ccc(F)cc2)N(CCc2cnc(-c3ccc(Cl)cc3)nc2)C=C1C.CF.NCCNC=O. The number of amides is 1. The van der Waals surface area contributed by atoms with Crippen molar-refractivity contribution in [2.75, 3.05) is 26.8 Å². The molecule has 0 radical (unpaired) electrons. The Bertz CT molecular complexity index is 1270. The number of nitrogens with one attached hydrogen (secondary N) is 1. The van der Waals surface area contributed by atoms with Gasteiger partial charge in [-0.25, -0.2) is 19.4 Å². The minimum absolute atomic E-state index is 0.230. The van der Waals surface area contributed by atoms with Crippen LogP contribution in [0.15, 0.2) is 90.0 Å². The number of aliphatic imine (C=N–C) groups is 1. The molecule has 0 bridgehead atoms. The Hall–Kier alpha value is -3.60. The van der Waals surface area contributed by atoms with Gasteiger partial charge in [0.15, 0.2) is 11.0 Å². The lowest BCUT2D eigenvalue weighted by Gasteiger charge is -2.26. The molecule has 1 amide bonds. The Morgan fingerprint density at radius 3 is 2.30 bits per heavy atom. The number of nitrogens with zero attached hydrogens (tertiary/aromatic N) is 4. The maximum atomic E-state index is 13.2. The van der Waals surface area contributed by atoms with Crippen molar-refractivity contribution < 1.29 is 13.6 Å². The zero-order valence-electron chi connectivity index (χ0n) is 22.5. The van der Waals surface area contributed by atoms with Crippen LogP contribution in [0.1, 0.15) is 18.1 Å². The first-order valence-electron chi connectivity index (χ1n) is 12.3. The van der Waals surface area contributed by atoms with Crippen LogP contribution in [0.25, 0.3) is 11.4 Å². The second kappa shape index (κ2) is 17.9. The molecular formula is C29H33ClF2N6OS. The van der Waals surface area contributed by atoms with Gasteiger partial charge in [-0.2, -0.15) is 0 Å². The van der Waals surface area contributed by atoms with Crippen LogP contribution < -0.4 is 11.1 Å². The molecule has 0 saturated heterocycles. The normalized spacial score (nSPS) is 12.2. The van der Waals surface area contributed by atoms with E-state index in [1.54, 1.807) is 23.9 Å². The van der Waals surface area contributed by atoms with Gasteiger partial charge in [-0.05, 0) is 66.4 Å². The maximum absolute atomic E-state index is 13.2. The minimum atomic E-state index is -0.230. The Kier molecular flexibility index (Phi) is 14.6. The number of carbonyl (C=O) groups is 1. The number of alkyl halides is 1. The van der Waals surface area contributed by atoms with E-state index in [9.17, 15) is 13.6 Å². The highest BCUT2D eigenvalue weighted by atomic mass is 35.5. The van der Waals surface area contributed by atoms with Crippen molar-refractivity contribution in [2.24, 2.45) is 10.7 Å². The van der Waals surface area contributed by atoms with Crippen LogP contribution >= 0.6 is 23.4 Å². The molecule has 0 aliphatic carbocycles. The number of rotatable bonds is 9. The van der Waals surface area contributed by atoms with E-state index in [2.05, 4.69) is 38.0 Å². The number of benzene rings is 2. The zero-order chi connectivity index (χ0) is 29.3. The number of amidine groups is 1. The van der Waals surface area contributed by atoms with Crippen LogP contribution in [0, 0.1) is 5.82 Å². The molecule has 1 aliphatic rings. The number of hydrogen-bond donors (Lipinski definition) is 2. The first kappa shape index (κ1) is 32.6. The Morgan fingerprint density at radius 1 is 1.07 bits per heavy atom. The predicted octanol–water partition coefficient (Wildman–Crippen LogP) is 5.78. The van der Waals surface area contributed by atoms with Crippen LogP contribution in [-0.2, 0) is 17.0 Å². The van der Waals surface area contributed by atoms with Crippen molar-refractivity contribution >= 4 is 34.9 Å². The van der Waals surface area contributed by atoms with Crippen molar-refractivity contribution in [3.8, 4) is 11.4 Å². The molecule has 40 heavy (non-hydrogen) atoms. The summed E-state index contributed by atoms with van der Waals surface area (Å²) in [5.41, 5.74) is 9.81. The van der Waals surface area contributed by atoms with Gasteiger partial charge in [-0.1, -0.05) is 42.1 Å². The highest BCUT2D eigenvalue weighted by Crippen LogP contribution is 2.25. The monoisotopic (exact) mass is 586 g/mol. The van der Waals surface area contributed by atoms with Crippen molar-refractivity contribution in [2.45, 2.75) is 19.1 Å². The molecule has 11 heteroatoms. The summed E-state index contributed by atoms with van der Waals surface area (Å²) in [6, 6.07) is 14.0. The van der Waals surface area contributed by atoms with Gasteiger partial charge in [0.25, 0.3) is 0 Å². The van der Waals surface area contributed by atoms with E-state index < -0.39 is 0 Å². The maximum Gasteiger partial charge on any atom is 0.207 e. The summed E-state index contributed by atoms with van der Waals surface area (Å²) >= 11 is 7.56. The summed E-state index contributed by atoms with van der Waals surface area (Å²) < 4.78 is 22.7. The number of allylic oxidation sites excluding steroid dienone is 1. The number of aromatic nitrogens is 2. The van der Waals surface area contributed by atoms with Crippen molar-refractivity contribution in [1.29, 1.82) is 0 Å². The molecule has 1 aromatic heterocycles. The molecule has 3 N–H and O–H groups in total. The van der Waals surface area contributed by atoms with Crippen LogP contribution in [0.3, 0.4) is 0 Å². The molecule has 2 aromatic carbocycles. The molecule has 0 unspecified atom stereocenters. The molecule has 212 valence electrons. The van der Waals surface area contributed by atoms with Crippen LogP contribution in [0.2, 0.25) is 5.02 Å². The van der Waals surface area contributed by atoms with Gasteiger partial charge in [0, 0.05) is 54.6 Å². The van der Waals surface area contributed by atoms with E-state index in [0.717, 1.165) is 46.1 Å². The van der Waals surface area contributed by atoms with Gasteiger partial charge in [-0.15, -0.1) is 0 Å². The van der Waals surface area contributed by atoms with Crippen molar-refractivity contribution in [3.63, 3.8) is 0 Å². The summed E-state index contributed by atoms with van der Waals surface area (Å²) in [4.78, 5) is 25.2. The molecular weight excluding hydrogens is 554 g/mol. The lowest BCUT2D eigenvalue weighted by molar-refractivity contribution is -0.109. The second-order valence-corrected chi connectivity index (χ2v) is 9.67. The topological polar surface area (TPSA) is 96.5 Å². The number of nitrogens with two attached hydrogens (primary N) is 1. The number of halogens is 3. The third-order valence-electron chi connectivity index (χ3n) is 5.38. The molecule has 0 spiro atoms. The summed E-state index contributed by atoms with van der Waals surface area (Å²) in [5.74, 6) is 1.15. The van der Waals surface area contributed by atoms with E-state index in [1.165, 1.54) is 12.1 Å². The molecule has 7 nitrogen and oxygen atoms in total. The summed E-state index contributed by atoms with van der Waals surface area (Å²) in [7, 11) is 0.500. The van der Waals surface area contributed by atoms with E-state index in [-0.39, 0.29) is 5.82 Å². The predicted molar refractivity (Wildman–Crippen MR) is 161 cm³/mol. The highest BCUT2D eigenvalue weighted by molar-refractivity contribution is 8.13. The fourth-order valence-corrected chi connectivity index (χ4v) is 4.36. The van der Waals surface area contributed by atoms with Crippen molar-refractivity contribution in [1.82, 2.24) is 20.2 Å². The van der Waals surface area contributed by atoms with Crippen LogP contribution in [0.5, 0.6) is 0 Å². The lowest BCUT2D eigenvalue weighted by Crippen LogP contribution is -2.28. The Balaban J connectivity index is 0.000000622. The summed E-state index contributed by atoms with van der Waals surface area (Å²) in [6.45, 7) is 7.86. The average molecular weight is 587 g/mol. The third kappa shape index (κ3) is 10.9. The van der Waals surface area contributed by atoms with Gasteiger partial charge in [0.2, 0.25) is 6.41 Å². The highest BCUT2D eigenvalue weighted by Gasteiger charge is 2.17. The minimum Gasteiger partial charge on any atom is -0.357 e. The molecule has 0 fully saturated rings. The molecule has 1 aliphatic heterocycles. The van der Waals surface area contributed by atoms with E-state index in [1.807, 2.05) is 43.6 Å². The van der Waals surface area contributed by atoms with Crippen molar-refractivity contribution in [3.05, 3.63) is 107 Å². The molecule has 4 rings (SSSR count). The molecule has 0 atom stereocenters. The summed E-state index contributed by atoms with van der Waals surface area (Å²) in [5, 5.41) is 3.96. The van der Waals surface area contributed by atoms with Gasteiger partial charge < -0.3 is 16.0 Å². The largest absolute Gasteiger partial charge is 0.357 e.